The third kappa shape index (κ3) is 5.29. The Bertz CT molecular complexity index is 1530. The van der Waals surface area contributed by atoms with E-state index in [9.17, 15) is 22.4 Å². The van der Waals surface area contributed by atoms with Gasteiger partial charge in [-0.25, -0.2) is 14.4 Å². The van der Waals surface area contributed by atoms with Crippen molar-refractivity contribution in [3.8, 4) is 5.75 Å². The molecule has 0 amide bonds. The Kier molecular flexibility index (Phi) is 6.72. The van der Waals surface area contributed by atoms with Crippen LogP contribution >= 0.6 is 0 Å². The Morgan fingerprint density at radius 3 is 2.79 bits per heavy atom. The van der Waals surface area contributed by atoms with Crippen molar-refractivity contribution in [3.63, 3.8) is 0 Å². The lowest BCUT2D eigenvalue weighted by Gasteiger charge is -2.35. The molecule has 1 unspecified atom stereocenters. The molecule has 1 fully saturated rings. The number of methoxy groups -OCH3 is 1. The van der Waals surface area contributed by atoms with Gasteiger partial charge in [-0.2, -0.15) is 18.2 Å². The third-order valence-electron chi connectivity index (χ3n) is 5.93. The molecule has 1 saturated heterocycles. The van der Waals surface area contributed by atoms with Gasteiger partial charge in [-0.05, 0) is 18.2 Å². The smallest absolute Gasteiger partial charge is 0.405 e. The zero-order valence-corrected chi connectivity index (χ0v) is 19.9. The van der Waals surface area contributed by atoms with Gasteiger partial charge in [0.25, 0.3) is 5.56 Å². The van der Waals surface area contributed by atoms with E-state index in [1.807, 2.05) is 0 Å². The molecule has 0 bridgehead atoms. The lowest BCUT2D eigenvalue weighted by molar-refractivity contribution is -0.155. The second-order valence-corrected chi connectivity index (χ2v) is 8.48. The van der Waals surface area contributed by atoms with E-state index in [0.717, 1.165) is 0 Å². The van der Waals surface area contributed by atoms with E-state index in [1.165, 1.54) is 42.6 Å². The number of aromatic amines is 1. The van der Waals surface area contributed by atoms with Crippen LogP contribution in [0, 0.1) is 5.82 Å². The van der Waals surface area contributed by atoms with Crippen molar-refractivity contribution in [2.45, 2.75) is 12.2 Å². The highest BCUT2D eigenvalue weighted by molar-refractivity contribution is 5.82. The van der Waals surface area contributed by atoms with Gasteiger partial charge in [0.05, 0.1) is 24.5 Å². The molecular formula is C24H22F4N8O2. The van der Waals surface area contributed by atoms with Gasteiger partial charge in [-0.3, -0.25) is 4.79 Å². The highest BCUT2D eigenvalue weighted by Crippen LogP contribution is 2.32. The van der Waals surface area contributed by atoms with Gasteiger partial charge in [0.15, 0.2) is 11.6 Å². The minimum Gasteiger partial charge on any atom is -0.493 e. The first-order chi connectivity index (χ1) is 18.2. The van der Waals surface area contributed by atoms with E-state index >= 15 is 0 Å². The molecule has 4 aromatic rings. The van der Waals surface area contributed by atoms with E-state index in [1.54, 1.807) is 18.2 Å². The summed E-state index contributed by atoms with van der Waals surface area (Å²) in [5.74, 6) is 0.486. The summed E-state index contributed by atoms with van der Waals surface area (Å²) in [4.78, 5) is 29.3. The van der Waals surface area contributed by atoms with Crippen molar-refractivity contribution in [3.05, 3.63) is 65.0 Å². The Morgan fingerprint density at radius 2 is 2.00 bits per heavy atom. The molecule has 4 N–H and O–H groups in total. The summed E-state index contributed by atoms with van der Waals surface area (Å²) in [6, 6.07) is 7.44. The number of halogens is 4. The van der Waals surface area contributed by atoms with E-state index in [4.69, 9.17) is 4.74 Å². The van der Waals surface area contributed by atoms with Crippen LogP contribution in [0.1, 0.15) is 0 Å². The number of alkyl halides is 3. The van der Waals surface area contributed by atoms with Crippen molar-refractivity contribution < 1.29 is 22.3 Å². The topological polar surface area (TPSA) is 120 Å². The van der Waals surface area contributed by atoms with Crippen molar-refractivity contribution in [1.82, 2.24) is 25.3 Å². The van der Waals surface area contributed by atoms with E-state index in [0.29, 0.717) is 23.4 Å². The fraction of sp³-hybridized carbons (Fsp3) is 0.250. The summed E-state index contributed by atoms with van der Waals surface area (Å²) in [6.45, 7) is 0.189. The van der Waals surface area contributed by atoms with Crippen LogP contribution in [0.3, 0.4) is 0 Å². The Labute approximate surface area is 213 Å². The van der Waals surface area contributed by atoms with Gasteiger partial charge in [-0.15, -0.1) is 0 Å². The minimum atomic E-state index is -4.38. The average molecular weight is 530 g/mol. The summed E-state index contributed by atoms with van der Waals surface area (Å²) in [5, 5.41) is 8.84. The molecule has 1 atom stereocenters. The van der Waals surface area contributed by atoms with E-state index in [2.05, 4.69) is 35.9 Å². The number of benzene rings is 1. The van der Waals surface area contributed by atoms with Crippen LogP contribution < -0.4 is 31.1 Å². The maximum atomic E-state index is 13.9. The number of hydrogen-bond donors (Lipinski definition) is 4. The first-order valence-corrected chi connectivity index (χ1v) is 11.5. The Morgan fingerprint density at radius 1 is 1.16 bits per heavy atom. The molecule has 1 aliphatic rings. The standard InChI is InChI=1S/C24H22F4N8O2/c1-38-17-10-14(11-31-21(17)36-8-7-29-18(12-36)24(26,27)28)32-23-30-6-5-19(34-23)33-16-9-13-3-2-4-15(25)20(13)35-22(16)37/h2-6,9-11,18,29H,7-8,12H2,1H3,(H,35,37)(H2,30,32,33,34). The van der Waals surface area contributed by atoms with Crippen LogP contribution in [0.4, 0.5) is 46.5 Å². The average Bonchev–Trinajstić information content (AvgIpc) is 2.89. The van der Waals surface area contributed by atoms with Gasteiger partial charge in [-0.1, -0.05) is 12.1 Å². The van der Waals surface area contributed by atoms with Gasteiger partial charge in [0.2, 0.25) is 5.95 Å². The molecule has 14 heteroatoms. The maximum Gasteiger partial charge on any atom is 0.405 e. The van der Waals surface area contributed by atoms with Gasteiger partial charge >= 0.3 is 6.18 Å². The van der Waals surface area contributed by atoms with E-state index in [-0.39, 0.29) is 41.8 Å². The quantitative estimate of drug-likeness (QED) is 0.277. The van der Waals surface area contributed by atoms with Gasteiger partial charge in [0.1, 0.15) is 23.4 Å². The number of rotatable bonds is 6. The Hall–Kier alpha value is -4.46. The second kappa shape index (κ2) is 10.1. The van der Waals surface area contributed by atoms with Crippen LogP contribution in [-0.4, -0.2) is 58.9 Å². The molecule has 0 spiro atoms. The summed E-state index contributed by atoms with van der Waals surface area (Å²) < 4.78 is 58.9. The molecule has 0 radical (unpaired) electrons. The molecule has 0 saturated carbocycles. The maximum absolute atomic E-state index is 13.9. The summed E-state index contributed by atoms with van der Waals surface area (Å²) in [6.07, 6.45) is -1.48. The van der Waals surface area contributed by atoms with Crippen molar-refractivity contribution >= 4 is 39.9 Å². The van der Waals surface area contributed by atoms with Crippen LogP contribution in [0.25, 0.3) is 10.9 Å². The lowest BCUT2D eigenvalue weighted by atomic mass is 10.2. The van der Waals surface area contributed by atoms with Crippen LogP contribution in [0.2, 0.25) is 0 Å². The zero-order chi connectivity index (χ0) is 26.9. The minimum absolute atomic E-state index is 0.104. The van der Waals surface area contributed by atoms with Gasteiger partial charge in [0, 0.05) is 37.3 Å². The molecular weight excluding hydrogens is 508 g/mol. The first kappa shape index (κ1) is 25.2. The SMILES string of the molecule is COc1cc(Nc2nccc(Nc3cc4cccc(F)c4[nH]c3=O)n2)cnc1N1CCNC(C(F)(F)F)C1. The van der Waals surface area contributed by atoms with Crippen LogP contribution in [0.5, 0.6) is 5.75 Å². The molecule has 10 nitrogen and oxygen atoms in total. The van der Waals surface area contributed by atoms with Crippen molar-refractivity contribution in [1.29, 1.82) is 0 Å². The number of piperazine rings is 1. The molecule has 198 valence electrons. The van der Waals surface area contributed by atoms with Gasteiger partial charge < -0.3 is 30.6 Å². The molecule has 0 aliphatic carbocycles. The lowest BCUT2D eigenvalue weighted by Crippen LogP contribution is -2.57. The highest BCUT2D eigenvalue weighted by Gasteiger charge is 2.42. The predicted molar refractivity (Wildman–Crippen MR) is 134 cm³/mol. The number of nitrogens with zero attached hydrogens (tertiary/aromatic N) is 4. The van der Waals surface area contributed by atoms with Crippen molar-refractivity contribution in [2.75, 3.05) is 42.3 Å². The number of anilines is 5. The molecule has 1 aromatic carbocycles. The summed E-state index contributed by atoms with van der Waals surface area (Å²) >= 11 is 0. The fourth-order valence-corrected chi connectivity index (χ4v) is 4.10. The third-order valence-corrected chi connectivity index (χ3v) is 5.93. The van der Waals surface area contributed by atoms with Crippen LogP contribution in [0.15, 0.2) is 53.6 Å². The number of pyridine rings is 2. The number of nitrogens with one attached hydrogen (secondary N) is 4. The zero-order valence-electron chi connectivity index (χ0n) is 19.9. The summed E-state index contributed by atoms with van der Waals surface area (Å²) in [7, 11) is 1.40. The number of ether oxygens (including phenoxy) is 1. The first-order valence-electron chi connectivity index (χ1n) is 11.5. The van der Waals surface area contributed by atoms with E-state index < -0.39 is 23.6 Å². The van der Waals surface area contributed by atoms with Crippen LogP contribution in [-0.2, 0) is 0 Å². The normalized spacial score (nSPS) is 15.9. The fourth-order valence-electron chi connectivity index (χ4n) is 4.10. The molecule has 4 heterocycles. The monoisotopic (exact) mass is 530 g/mol. The number of H-pyrrole nitrogens is 1. The number of para-hydroxylation sites is 1. The second-order valence-electron chi connectivity index (χ2n) is 8.48. The van der Waals surface area contributed by atoms with Crippen molar-refractivity contribution in [2.24, 2.45) is 0 Å². The number of fused-ring (bicyclic) bond motifs is 1. The highest BCUT2D eigenvalue weighted by atomic mass is 19.4. The molecule has 5 rings (SSSR count). The predicted octanol–water partition coefficient (Wildman–Crippen LogP) is 3.69. The Balaban J connectivity index is 1.34. The molecule has 3 aromatic heterocycles. The summed E-state index contributed by atoms with van der Waals surface area (Å²) in [5.41, 5.74) is 0.173. The number of aromatic nitrogens is 4. The molecule has 38 heavy (non-hydrogen) atoms. The largest absolute Gasteiger partial charge is 0.493 e. The number of hydrogen-bond acceptors (Lipinski definition) is 9. The molecule has 1 aliphatic heterocycles.